The van der Waals surface area contributed by atoms with Gasteiger partial charge in [-0.2, -0.15) is 4.39 Å². The molecule has 82 valence electrons. The molecule has 2 nitrogen and oxygen atoms in total. The van der Waals surface area contributed by atoms with Gasteiger partial charge in [0, 0.05) is 12.6 Å². The molecule has 0 aliphatic carbocycles. The van der Waals surface area contributed by atoms with Gasteiger partial charge in [0.25, 0.3) is 0 Å². The van der Waals surface area contributed by atoms with Crippen molar-refractivity contribution < 1.29 is 4.39 Å². The van der Waals surface area contributed by atoms with Crippen LogP contribution in [0.25, 0.3) is 0 Å². The smallest absolute Gasteiger partial charge is 0.214 e. The third-order valence-electron chi connectivity index (χ3n) is 3.05. The second-order valence-corrected chi connectivity index (χ2v) is 4.21. The van der Waals surface area contributed by atoms with Crippen LogP contribution in [0.4, 0.5) is 10.2 Å². The number of aromatic nitrogens is 1. The number of halogens is 1. The lowest BCUT2D eigenvalue weighted by Crippen LogP contribution is -2.33. The molecule has 1 aromatic heterocycles. The quantitative estimate of drug-likeness (QED) is 0.659. The Balaban J connectivity index is 2.20. The first-order valence-corrected chi connectivity index (χ1v) is 5.66. The number of hydrogen-bond donors (Lipinski definition) is 0. The van der Waals surface area contributed by atoms with E-state index in [0.29, 0.717) is 6.04 Å². The molecule has 15 heavy (non-hydrogen) atoms. The predicted octanol–water partition coefficient (Wildman–Crippen LogP) is 2.99. The van der Waals surface area contributed by atoms with Crippen LogP contribution in [0, 0.1) is 5.95 Å². The minimum atomic E-state index is -0.385. The van der Waals surface area contributed by atoms with Gasteiger partial charge < -0.3 is 4.90 Å². The van der Waals surface area contributed by atoms with Gasteiger partial charge in [0.1, 0.15) is 5.82 Å². The Morgan fingerprint density at radius 2 is 2.20 bits per heavy atom. The maximum absolute atomic E-state index is 13.0. The zero-order valence-corrected chi connectivity index (χ0v) is 9.12. The summed E-state index contributed by atoms with van der Waals surface area (Å²) in [5, 5.41) is 0. The fourth-order valence-corrected chi connectivity index (χ4v) is 2.17. The number of hydrogen-bond acceptors (Lipinski definition) is 2. The summed E-state index contributed by atoms with van der Waals surface area (Å²) in [6.45, 7) is 3.19. The number of pyridine rings is 1. The van der Waals surface area contributed by atoms with E-state index in [4.69, 9.17) is 0 Å². The number of nitrogens with zero attached hydrogens (tertiary/aromatic N) is 2. The van der Waals surface area contributed by atoms with Crippen LogP contribution < -0.4 is 4.90 Å². The summed E-state index contributed by atoms with van der Waals surface area (Å²) >= 11 is 0. The molecule has 0 N–H and O–H groups in total. The molecule has 0 bridgehead atoms. The van der Waals surface area contributed by atoms with Gasteiger partial charge in [0.05, 0.1) is 0 Å². The minimum absolute atomic E-state index is 0.385. The SMILES string of the molecule is CC1CCCCCN1c1cccc(F)n1. The fraction of sp³-hybridized carbons (Fsp3) is 0.583. The molecule has 0 aromatic carbocycles. The minimum Gasteiger partial charge on any atom is -0.354 e. The molecule has 0 radical (unpaired) electrons. The second-order valence-electron chi connectivity index (χ2n) is 4.21. The molecule has 1 saturated heterocycles. The molecule has 1 aliphatic rings. The van der Waals surface area contributed by atoms with Gasteiger partial charge in [-0.15, -0.1) is 0 Å². The summed E-state index contributed by atoms with van der Waals surface area (Å²) in [6, 6.07) is 5.49. The largest absolute Gasteiger partial charge is 0.354 e. The topological polar surface area (TPSA) is 16.1 Å². The average molecular weight is 208 g/mol. The van der Waals surface area contributed by atoms with Crippen molar-refractivity contribution >= 4 is 5.82 Å². The highest BCUT2D eigenvalue weighted by Gasteiger charge is 2.18. The van der Waals surface area contributed by atoms with Gasteiger partial charge in [0.2, 0.25) is 5.95 Å². The third-order valence-corrected chi connectivity index (χ3v) is 3.05. The molecule has 1 aliphatic heterocycles. The first-order valence-electron chi connectivity index (χ1n) is 5.66. The average Bonchev–Trinajstić information content (AvgIpc) is 2.43. The van der Waals surface area contributed by atoms with Crippen molar-refractivity contribution in [2.45, 2.75) is 38.6 Å². The van der Waals surface area contributed by atoms with Gasteiger partial charge in [-0.25, -0.2) is 4.98 Å². The molecule has 2 rings (SSSR count). The summed E-state index contributed by atoms with van der Waals surface area (Å²) in [5.41, 5.74) is 0. The predicted molar refractivity (Wildman–Crippen MR) is 59.5 cm³/mol. The van der Waals surface area contributed by atoms with Gasteiger partial charge in [-0.1, -0.05) is 18.9 Å². The lowest BCUT2D eigenvalue weighted by atomic mass is 10.1. The summed E-state index contributed by atoms with van der Waals surface area (Å²) in [5.74, 6) is 0.397. The van der Waals surface area contributed by atoms with Gasteiger partial charge in [0.15, 0.2) is 0 Å². The Labute approximate surface area is 90.1 Å². The maximum Gasteiger partial charge on any atom is 0.214 e. The van der Waals surface area contributed by atoms with Crippen molar-refractivity contribution in [2.24, 2.45) is 0 Å². The Bertz CT molecular complexity index is 327. The van der Waals surface area contributed by atoms with Crippen LogP contribution >= 0.6 is 0 Å². The van der Waals surface area contributed by atoms with E-state index in [-0.39, 0.29) is 5.95 Å². The van der Waals surface area contributed by atoms with Crippen molar-refractivity contribution in [3.05, 3.63) is 24.1 Å². The molecular weight excluding hydrogens is 191 g/mol. The lowest BCUT2D eigenvalue weighted by molar-refractivity contribution is 0.568. The van der Waals surface area contributed by atoms with Crippen LogP contribution in [-0.2, 0) is 0 Å². The van der Waals surface area contributed by atoms with Gasteiger partial charge in [-0.3, -0.25) is 0 Å². The van der Waals surface area contributed by atoms with Gasteiger partial charge >= 0.3 is 0 Å². The van der Waals surface area contributed by atoms with E-state index in [1.807, 2.05) is 6.07 Å². The molecule has 0 amide bonds. The molecule has 0 spiro atoms. The van der Waals surface area contributed by atoms with E-state index in [0.717, 1.165) is 12.4 Å². The van der Waals surface area contributed by atoms with Crippen molar-refractivity contribution in [2.75, 3.05) is 11.4 Å². The van der Waals surface area contributed by atoms with Crippen LogP contribution in [0.1, 0.15) is 32.6 Å². The van der Waals surface area contributed by atoms with E-state index >= 15 is 0 Å². The van der Waals surface area contributed by atoms with E-state index in [2.05, 4.69) is 16.8 Å². The molecule has 0 saturated carbocycles. The van der Waals surface area contributed by atoms with Crippen LogP contribution in [0.15, 0.2) is 18.2 Å². The zero-order valence-electron chi connectivity index (χ0n) is 9.12. The second kappa shape index (κ2) is 4.60. The van der Waals surface area contributed by atoms with E-state index in [9.17, 15) is 4.39 Å². The molecule has 1 fully saturated rings. The molecule has 3 heteroatoms. The maximum atomic E-state index is 13.0. The summed E-state index contributed by atoms with van der Waals surface area (Å²) in [7, 11) is 0. The summed E-state index contributed by atoms with van der Waals surface area (Å²) in [6.07, 6.45) is 4.91. The van der Waals surface area contributed by atoms with Crippen molar-refractivity contribution in [3.8, 4) is 0 Å². The fourth-order valence-electron chi connectivity index (χ4n) is 2.17. The monoisotopic (exact) mass is 208 g/mol. The summed E-state index contributed by atoms with van der Waals surface area (Å²) < 4.78 is 13.0. The van der Waals surface area contributed by atoms with Crippen LogP contribution in [0.3, 0.4) is 0 Å². The highest BCUT2D eigenvalue weighted by molar-refractivity contribution is 5.39. The van der Waals surface area contributed by atoms with Crippen LogP contribution in [-0.4, -0.2) is 17.6 Å². The standard InChI is InChI=1S/C12H17FN2/c1-10-6-3-2-4-9-15(10)12-8-5-7-11(13)14-12/h5,7-8,10H,2-4,6,9H2,1H3. The Morgan fingerprint density at radius 1 is 1.33 bits per heavy atom. The van der Waals surface area contributed by atoms with Crippen LogP contribution in [0.5, 0.6) is 0 Å². The molecule has 1 aromatic rings. The molecule has 1 unspecified atom stereocenters. The highest BCUT2D eigenvalue weighted by atomic mass is 19.1. The van der Waals surface area contributed by atoms with Crippen molar-refractivity contribution in [1.29, 1.82) is 0 Å². The third kappa shape index (κ3) is 2.46. The first-order chi connectivity index (χ1) is 7.27. The van der Waals surface area contributed by atoms with Crippen molar-refractivity contribution in [3.63, 3.8) is 0 Å². The molecular formula is C12H17FN2. The molecule has 1 atom stereocenters. The lowest BCUT2D eigenvalue weighted by Gasteiger charge is -2.28. The Kier molecular flexibility index (Phi) is 3.19. The normalized spacial score (nSPS) is 22.5. The van der Waals surface area contributed by atoms with E-state index < -0.39 is 0 Å². The van der Waals surface area contributed by atoms with Gasteiger partial charge in [-0.05, 0) is 31.9 Å². The number of rotatable bonds is 1. The van der Waals surface area contributed by atoms with Crippen molar-refractivity contribution in [1.82, 2.24) is 4.98 Å². The molecule has 2 heterocycles. The first kappa shape index (κ1) is 10.4. The van der Waals surface area contributed by atoms with E-state index in [1.54, 1.807) is 6.07 Å². The zero-order chi connectivity index (χ0) is 10.7. The Morgan fingerprint density at radius 3 is 3.00 bits per heavy atom. The highest BCUT2D eigenvalue weighted by Crippen LogP contribution is 2.22. The van der Waals surface area contributed by atoms with E-state index in [1.165, 1.54) is 31.7 Å². The van der Waals surface area contributed by atoms with Crippen LogP contribution in [0.2, 0.25) is 0 Å². The number of anilines is 1. The Hall–Kier alpha value is -1.12. The summed E-state index contributed by atoms with van der Waals surface area (Å²) in [4.78, 5) is 6.17.